The van der Waals surface area contributed by atoms with Gasteiger partial charge in [0.25, 0.3) is 0 Å². The van der Waals surface area contributed by atoms with Gasteiger partial charge in [0.1, 0.15) is 0 Å². The zero-order chi connectivity index (χ0) is 25.1. The first-order valence-corrected chi connectivity index (χ1v) is 13.5. The Bertz CT molecular complexity index is 1020. The van der Waals surface area contributed by atoms with Gasteiger partial charge >= 0.3 is 0 Å². The van der Waals surface area contributed by atoms with Crippen LogP contribution < -0.4 is 10.2 Å². The van der Waals surface area contributed by atoms with Crippen LogP contribution in [0.25, 0.3) is 11.0 Å². The molecule has 1 aromatic carbocycles. The molecule has 0 radical (unpaired) electrons. The molecule has 198 valence electrons. The highest BCUT2D eigenvalue weighted by Gasteiger charge is 2.29. The van der Waals surface area contributed by atoms with E-state index in [1.54, 1.807) is 7.11 Å². The molecule has 3 aliphatic rings. The molecule has 1 saturated heterocycles. The Labute approximate surface area is 211 Å². The van der Waals surface area contributed by atoms with Crippen molar-refractivity contribution in [2.24, 2.45) is 11.8 Å². The highest BCUT2D eigenvalue weighted by Crippen LogP contribution is 2.31. The number of carbonyl (C=O) groups excluding carboxylic acids is 1. The van der Waals surface area contributed by atoms with Gasteiger partial charge in [0.15, 0.2) is 23.0 Å². The maximum Gasteiger partial charge on any atom is 0.223 e. The molecule has 0 spiro atoms. The molecular formula is C27H38F2N4O3. The Morgan fingerprint density at radius 1 is 1.03 bits per heavy atom. The third-order valence-electron chi connectivity index (χ3n) is 8.59. The first-order valence-electron chi connectivity index (χ1n) is 13.5. The highest BCUT2D eigenvalue weighted by atomic mass is 19.2. The summed E-state index contributed by atoms with van der Waals surface area (Å²) in [5.41, 5.74) is 0.275. The van der Waals surface area contributed by atoms with Crippen LogP contribution >= 0.6 is 0 Å². The molecule has 0 bridgehead atoms. The molecule has 1 aromatic heterocycles. The van der Waals surface area contributed by atoms with E-state index in [0.29, 0.717) is 29.3 Å². The van der Waals surface area contributed by atoms with Crippen molar-refractivity contribution in [2.45, 2.75) is 69.9 Å². The number of methoxy groups -OCH3 is 1. The van der Waals surface area contributed by atoms with E-state index in [9.17, 15) is 13.6 Å². The summed E-state index contributed by atoms with van der Waals surface area (Å²) < 4.78 is 37.8. The van der Waals surface area contributed by atoms with Crippen molar-refractivity contribution >= 4 is 22.7 Å². The number of nitrogens with zero attached hydrogens (tertiary/aromatic N) is 3. The largest absolute Gasteiger partial charge is 0.381 e. The Morgan fingerprint density at radius 3 is 2.42 bits per heavy atom. The van der Waals surface area contributed by atoms with Crippen LogP contribution in [0.2, 0.25) is 0 Å². The van der Waals surface area contributed by atoms with E-state index in [4.69, 9.17) is 9.26 Å². The lowest BCUT2D eigenvalue weighted by Crippen LogP contribution is -2.47. The molecule has 1 amide bonds. The SMILES string of the molecule is COC1CCC(C(=O)N[C@H]2CC[C@H](CCN3CCN(c4noc5cc(F)c(F)cc45)CC3)CC2)CC1. The lowest BCUT2D eigenvalue weighted by Gasteiger charge is -2.36. The average Bonchev–Trinajstić information content (AvgIpc) is 3.31. The van der Waals surface area contributed by atoms with Crippen LogP contribution in [0.4, 0.5) is 14.6 Å². The molecule has 1 aliphatic heterocycles. The predicted molar refractivity (Wildman–Crippen MR) is 134 cm³/mol. The Morgan fingerprint density at radius 2 is 1.72 bits per heavy atom. The van der Waals surface area contributed by atoms with Gasteiger partial charge in [-0.05, 0) is 76.3 Å². The summed E-state index contributed by atoms with van der Waals surface area (Å²) in [6, 6.07) is 2.56. The molecule has 9 heteroatoms. The van der Waals surface area contributed by atoms with Crippen LogP contribution in [-0.4, -0.2) is 67.9 Å². The summed E-state index contributed by atoms with van der Waals surface area (Å²) in [7, 11) is 1.76. The fourth-order valence-electron chi connectivity index (χ4n) is 6.17. The predicted octanol–water partition coefficient (Wildman–Crippen LogP) is 4.50. The zero-order valence-corrected chi connectivity index (χ0v) is 21.2. The van der Waals surface area contributed by atoms with Crippen molar-refractivity contribution in [3.05, 3.63) is 23.8 Å². The molecule has 0 atom stereocenters. The summed E-state index contributed by atoms with van der Waals surface area (Å²) in [4.78, 5) is 17.3. The number of ether oxygens (including phenoxy) is 1. The van der Waals surface area contributed by atoms with Gasteiger partial charge in [-0.3, -0.25) is 9.69 Å². The quantitative estimate of drug-likeness (QED) is 0.599. The summed E-state index contributed by atoms with van der Waals surface area (Å²) >= 11 is 0. The maximum atomic E-state index is 13.7. The maximum absolute atomic E-state index is 13.7. The zero-order valence-electron chi connectivity index (χ0n) is 21.2. The van der Waals surface area contributed by atoms with Gasteiger partial charge in [-0.25, -0.2) is 8.78 Å². The van der Waals surface area contributed by atoms with Crippen molar-refractivity contribution < 1.29 is 22.8 Å². The lowest BCUT2D eigenvalue weighted by molar-refractivity contribution is -0.127. The number of benzene rings is 1. The van der Waals surface area contributed by atoms with Gasteiger partial charge in [0.05, 0.1) is 11.5 Å². The van der Waals surface area contributed by atoms with Crippen LogP contribution in [0.1, 0.15) is 57.8 Å². The smallest absolute Gasteiger partial charge is 0.223 e. The Hall–Kier alpha value is -2.26. The van der Waals surface area contributed by atoms with Crippen molar-refractivity contribution in [1.29, 1.82) is 0 Å². The fourth-order valence-corrected chi connectivity index (χ4v) is 6.17. The number of nitrogens with one attached hydrogen (secondary N) is 1. The number of rotatable bonds is 7. The van der Waals surface area contributed by atoms with Crippen molar-refractivity contribution in [2.75, 3.05) is 44.7 Å². The number of amides is 1. The van der Waals surface area contributed by atoms with E-state index in [-0.39, 0.29) is 17.4 Å². The second kappa shape index (κ2) is 11.4. The van der Waals surface area contributed by atoms with Gasteiger partial charge in [-0.15, -0.1) is 0 Å². The second-order valence-electron chi connectivity index (χ2n) is 10.8. The molecular weight excluding hydrogens is 466 g/mol. The van der Waals surface area contributed by atoms with E-state index in [1.807, 2.05) is 0 Å². The molecule has 2 saturated carbocycles. The van der Waals surface area contributed by atoms with Crippen LogP contribution in [-0.2, 0) is 9.53 Å². The number of piperazine rings is 1. The van der Waals surface area contributed by atoms with Gasteiger partial charge in [0.2, 0.25) is 5.91 Å². The van der Waals surface area contributed by atoms with Gasteiger partial charge in [-0.1, -0.05) is 5.16 Å². The van der Waals surface area contributed by atoms with E-state index >= 15 is 0 Å². The highest BCUT2D eigenvalue weighted by molar-refractivity contribution is 5.88. The summed E-state index contributed by atoms with van der Waals surface area (Å²) in [6.07, 6.45) is 9.87. The lowest BCUT2D eigenvalue weighted by atomic mass is 9.83. The van der Waals surface area contributed by atoms with E-state index in [1.165, 1.54) is 25.3 Å². The van der Waals surface area contributed by atoms with Crippen molar-refractivity contribution in [1.82, 2.24) is 15.4 Å². The number of carbonyl (C=O) groups is 1. The summed E-state index contributed by atoms with van der Waals surface area (Å²) in [5.74, 6) is -0.0893. The molecule has 1 N–H and O–H groups in total. The topological polar surface area (TPSA) is 70.8 Å². The van der Waals surface area contributed by atoms with E-state index < -0.39 is 11.6 Å². The van der Waals surface area contributed by atoms with Gasteiger partial charge < -0.3 is 19.5 Å². The number of aromatic nitrogens is 1. The Balaban J connectivity index is 1.01. The molecule has 0 unspecified atom stereocenters. The van der Waals surface area contributed by atoms with Crippen molar-refractivity contribution in [3.8, 4) is 0 Å². The monoisotopic (exact) mass is 504 g/mol. The number of halogens is 2. The average molecular weight is 505 g/mol. The van der Waals surface area contributed by atoms with Gasteiger partial charge in [0, 0.05) is 51.3 Å². The summed E-state index contributed by atoms with van der Waals surface area (Å²) in [5, 5.41) is 7.93. The van der Waals surface area contributed by atoms with Crippen LogP contribution in [0.5, 0.6) is 0 Å². The fraction of sp³-hybridized carbons (Fsp3) is 0.704. The normalized spacial score (nSPS) is 27.9. The molecule has 2 aliphatic carbocycles. The number of hydrogen-bond acceptors (Lipinski definition) is 6. The minimum absolute atomic E-state index is 0.156. The molecule has 3 fully saturated rings. The van der Waals surface area contributed by atoms with Crippen LogP contribution in [0.3, 0.4) is 0 Å². The van der Waals surface area contributed by atoms with Gasteiger partial charge in [-0.2, -0.15) is 0 Å². The number of fused-ring (bicyclic) bond motifs is 1. The molecule has 2 heterocycles. The van der Waals surface area contributed by atoms with Crippen LogP contribution in [0.15, 0.2) is 16.7 Å². The Kier molecular flexibility index (Phi) is 8.06. The minimum atomic E-state index is -0.920. The molecule has 2 aromatic rings. The third-order valence-corrected chi connectivity index (χ3v) is 8.59. The van der Waals surface area contributed by atoms with E-state index in [0.717, 1.165) is 77.3 Å². The summed E-state index contributed by atoms with van der Waals surface area (Å²) in [6.45, 7) is 4.46. The first-order chi connectivity index (χ1) is 17.5. The first kappa shape index (κ1) is 25.4. The van der Waals surface area contributed by atoms with E-state index in [2.05, 4.69) is 20.3 Å². The second-order valence-corrected chi connectivity index (χ2v) is 10.8. The number of hydrogen-bond donors (Lipinski definition) is 1. The molecule has 7 nitrogen and oxygen atoms in total. The molecule has 36 heavy (non-hydrogen) atoms. The number of anilines is 1. The van der Waals surface area contributed by atoms with Crippen molar-refractivity contribution in [3.63, 3.8) is 0 Å². The van der Waals surface area contributed by atoms with Crippen LogP contribution in [0, 0.1) is 23.5 Å². The third kappa shape index (κ3) is 5.83. The minimum Gasteiger partial charge on any atom is -0.381 e. The molecule has 5 rings (SSSR count). The standard InChI is InChI=1S/C27H38F2N4O3/c1-35-21-8-4-19(5-9-21)27(34)30-20-6-2-18(3-7-20)10-11-32-12-14-33(15-13-32)26-22-16-23(28)24(29)17-25(22)36-31-26/h16-21H,2-15H2,1H3,(H,30,34)/t18-,19?,20-,21?.